The fourth-order valence-electron chi connectivity index (χ4n) is 4.32. The Kier molecular flexibility index (Phi) is 6.99. The Hall–Kier alpha value is -3.32. The number of aliphatic carboxylic acids is 1. The maximum atomic E-state index is 12.6. The van der Waals surface area contributed by atoms with E-state index >= 15 is 0 Å². The molecule has 2 N–H and O–H groups in total. The molecule has 1 aliphatic rings. The minimum absolute atomic E-state index is 0.453. The van der Waals surface area contributed by atoms with E-state index in [2.05, 4.69) is 5.32 Å². The van der Waals surface area contributed by atoms with Crippen molar-refractivity contribution in [1.82, 2.24) is 0 Å². The van der Waals surface area contributed by atoms with Gasteiger partial charge in [-0.15, -0.1) is 11.3 Å². The van der Waals surface area contributed by atoms with E-state index in [4.69, 9.17) is 27.9 Å². The number of hydrogen-bond acceptors (Lipinski definition) is 4. The van der Waals surface area contributed by atoms with E-state index in [1.54, 1.807) is 25.1 Å². The number of thiophene rings is 1. The van der Waals surface area contributed by atoms with Gasteiger partial charge in [-0.05, 0) is 65.8 Å². The summed E-state index contributed by atoms with van der Waals surface area (Å²) in [7, 11) is 0. The standard InChI is InChI=1S/C29H23Cl2NO4S/c1-17(18-8-12-23(30)13-9-18)36-28(35)32-24-16-25(31)37-26(24)21-4-2-19(3-5-21)20-6-10-22(11-7-20)29(14-15-29)27(33)34/h2-13,16-17H,14-15H2,1H3,(H,32,35)(H,33,34). The lowest BCUT2D eigenvalue weighted by Crippen LogP contribution is -2.19. The third-order valence-electron chi connectivity index (χ3n) is 6.64. The van der Waals surface area contributed by atoms with Crippen LogP contribution < -0.4 is 5.32 Å². The summed E-state index contributed by atoms with van der Waals surface area (Å²) in [5.74, 6) is -0.757. The minimum atomic E-state index is -0.757. The number of amides is 1. The second-order valence-corrected chi connectivity index (χ2v) is 11.2. The number of carbonyl (C=O) groups is 2. The van der Waals surface area contributed by atoms with Gasteiger partial charge in [-0.2, -0.15) is 0 Å². The van der Waals surface area contributed by atoms with Gasteiger partial charge in [0.15, 0.2) is 0 Å². The van der Waals surface area contributed by atoms with Crippen molar-refractivity contribution in [3.8, 4) is 21.6 Å². The van der Waals surface area contributed by atoms with E-state index in [1.807, 2.05) is 60.7 Å². The molecule has 1 aromatic heterocycles. The predicted octanol–water partition coefficient (Wildman–Crippen LogP) is 8.81. The molecule has 4 aromatic rings. The molecule has 0 bridgehead atoms. The van der Waals surface area contributed by atoms with Crippen LogP contribution in [0.5, 0.6) is 0 Å². The predicted molar refractivity (Wildman–Crippen MR) is 149 cm³/mol. The SMILES string of the molecule is CC(OC(=O)Nc1cc(Cl)sc1-c1ccc(-c2ccc(C3(C(=O)O)CC3)cc2)cc1)c1ccc(Cl)cc1. The number of hydrogen-bond donors (Lipinski definition) is 2. The monoisotopic (exact) mass is 551 g/mol. The molecule has 1 amide bonds. The third kappa shape index (κ3) is 5.37. The summed E-state index contributed by atoms with van der Waals surface area (Å²) in [5, 5.41) is 12.9. The van der Waals surface area contributed by atoms with Gasteiger partial charge in [0.05, 0.1) is 20.3 Å². The summed E-state index contributed by atoms with van der Waals surface area (Å²) in [6.45, 7) is 1.79. The Labute approximate surface area is 228 Å². The van der Waals surface area contributed by atoms with Gasteiger partial charge in [0.25, 0.3) is 0 Å². The normalized spacial score (nSPS) is 14.6. The van der Waals surface area contributed by atoms with Crippen molar-refractivity contribution in [2.75, 3.05) is 5.32 Å². The fourth-order valence-corrected chi connectivity index (χ4v) is 5.63. The highest BCUT2D eigenvalue weighted by atomic mass is 35.5. The first-order chi connectivity index (χ1) is 17.7. The number of anilines is 1. The number of rotatable bonds is 7. The van der Waals surface area contributed by atoms with Gasteiger partial charge in [-0.3, -0.25) is 10.1 Å². The molecule has 1 unspecified atom stereocenters. The van der Waals surface area contributed by atoms with Crippen LogP contribution in [0.15, 0.2) is 78.9 Å². The zero-order valence-corrected chi connectivity index (χ0v) is 22.2. The number of carboxylic acids is 1. The van der Waals surface area contributed by atoms with Crippen LogP contribution >= 0.6 is 34.5 Å². The highest BCUT2D eigenvalue weighted by molar-refractivity contribution is 7.20. The summed E-state index contributed by atoms with van der Waals surface area (Å²) in [6, 6.07) is 24.5. The Morgan fingerprint density at radius 1 is 0.919 bits per heavy atom. The molecule has 5 nitrogen and oxygen atoms in total. The Morgan fingerprint density at radius 3 is 2.05 bits per heavy atom. The molecule has 3 aromatic carbocycles. The van der Waals surface area contributed by atoms with Gasteiger partial charge in [-0.1, -0.05) is 83.9 Å². The van der Waals surface area contributed by atoms with Crippen molar-refractivity contribution < 1.29 is 19.4 Å². The van der Waals surface area contributed by atoms with E-state index in [0.717, 1.165) is 32.7 Å². The van der Waals surface area contributed by atoms with Crippen molar-refractivity contribution in [2.45, 2.75) is 31.3 Å². The van der Waals surface area contributed by atoms with Crippen LogP contribution in [0.3, 0.4) is 0 Å². The van der Waals surface area contributed by atoms with Crippen molar-refractivity contribution in [3.63, 3.8) is 0 Å². The van der Waals surface area contributed by atoms with Crippen molar-refractivity contribution in [3.05, 3.63) is 99.3 Å². The Balaban J connectivity index is 1.29. The molecule has 188 valence electrons. The lowest BCUT2D eigenvalue weighted by atomic mass is 9.93. The average Bonchev–Trinajstić information content (AvgIpc) is 3.63. The summed E-state index contributed by atoms with van der Waals surface area (Å²) >= 11 is 13.6. The molecule has 0 saturated heterocycles. The van der Waals surface area contributed by atoms with Crippen LogP contribution in [0.1, 0.15) is 37.0 Å². The minimum Gasteiger partial charge on any atom is -0.481 e. The van der Waals surface area contributed by atoms with Crippen LogP contribution in [0.2, 0.25) is 9.36 Å². The third-order valence-corrected chi connectivity index (χ3v) is 8.20. The summed E-state index contributed by atoms with van der Waals surface area (Å²) in [4.78, 5) is 25.0. The molecule has 5 rings (SSSR count). The van der Waals surface area contributed by atoms with Gasteiger partial charge in [0.1, 0.15) is 6.10 Å². The van der Waals surface area contributed by atoms with Gasteiger partial charge in [0.2, 0.25) is 0 Å². The van der Waals surface area contributed by atoms with E-state index < -0.39 is 23.6 Å². The number of carbonyl (C=O) groups excluding carboxylic acids is 1. The maximum Gasteiger partial charge on any atom is 0.412 e. The molecule has 1 heterocycles. The molecule has 1 fully saturated rings. The Morgan fingerprint density at radius 2 is 1.49 bits per heavy atom. The fraction of sp³-hybridized carbons (Fsp3) is 0.172. The molecule has 1 atom stereocenters. The molecule has 0 aliphatic heterocycles. The van der Waals surface area contributed by atoms with Gasteiger partial charge in [-0.25, -0.2) is 4.79 Å². The van der Waals surface area contributed by atoms with Crippen LogP contribution in [0, 0.1) is 0 Å². The first-order valence-electron chi connectivity index (χ1n) is 11.7. The molecular formula is C29H23Cl2NO4S. The highest BCUT2D eigenvalue weighted by Crippen LogP contribution is 2.48. The van der Waals surface area contributed by atoms with Crippen molar-refractivity contribution in [2.24, 2.45) is 0 Å². The second kappa shape index (κ2) is 10.2. The number of benzene rings is 3. The number of carboxylic acid groups (broad SMARTS) is 1. The van der Waals surface area contributed by atoms with Crippen LogP contribution in [-0.2, 0) is 14.9 Å². The first kappa shape index (κ1) is 25.3. The van der Waals surface area contributed by atoms with E-state index in [0.29, 0.717) is 27.9 Å². The zero-order chi connectivity index (χ0) is 26.2. The topological polar surface area (TPSA) is 75.6 Å². The van der Waals surface area contributed by atoms with Crippen molar-refractivity contribution >= 4 is 52.3 Å². The Bertz CT molecular complexity index is 1440. The van der Waals surface area contributed by atoms with Crippen LogP contribution in [-0.4, -0.2) is 17.2 Å². The highest BCUT2D eigenvalue weighted by Gasteiger charge is 2.51. The largest absolute Gasteiger partial charge is 0.481 e. The van der Waals surface area contributed by atoms with Gasteiger partial charge < -0.3 is 9.84 Å². The number of halogens is 2. The van der Waals surface area contributed by atoms with E-state index in [9.17, 15) is 14.7 Å². The summed E-state index contributed by atoms with van der Waals surface area (Å²) in [6.07, 6.45) is 0.336. The molecular weight excluding hydrogens is 529 g/mol. The van der Waals surface area contributed by atoms with Gasteiger partial charge in [0, 0.05) is 5.02 Å². The lowest BCUT2D eigenvalue weighted by molar-refractivity contribution is -0.140. The summed E-state index contributed by atoms with van der Waals surface area (Å²) < 4.78 is 6.09. The molecule has 1 aliphatic carbocycles. The van der Waals surface area contributed by atoms with E-state index in [-0.39, 0.29) is 0 Å². The van der Waals surface area contributed by atoms with E-state index in [1.165, 1.54) is 11.3 Å². The number of nitrogens with one attached hydrogen (secondary N) is 1. The smallest absolute Gasteiger partial charge is 0.412 e. The molecule has 0 spiro atoms. The molecule has 8 heteroatoms. The molecule has 0 radical (unpaired) electrons. The van der Waals surface area contributed by atoms with Gasteiger partial charge >= 0.3 is 12.1 Å². The van der Waals surface area contributed by atoms with Crippen molar-refractivity contribution in [1.29, 1.82) is 0 Å². The van der Waals surface area contributed by atoms with Crippen LogP contribution in [0.25, 0.3) is 21.6 Å². The maximum absolute atomic E-state index is 12.6. The summed E-state index contributed by atoms with van der Waals surface area (Å²) in [5.41, 5.74) is 4.45. The quantitative estimate of drug-likeness (QED) is 0.240. The second-order valence-electron chi connectivity index (χ2n) is 9.06. The van der Waals surface area contributed by atoms with Crippen LogP contribution in [0.4, 0.5) is 10.5 Å². The molecule has 1 saturated carbocycles. The first-order valence-corrected chi connectivity index (χ1v) is 13.3. The molecule has 37 heavy (non-hydrogen) atoms. The average molecular weight is 552 g/mol. The number of ether oxygens (including phenoxy) is 1. The zero-order valence-electron chi connectivity index (χ0n) is 19.8. The lowest BCUT2D eigenvalue weighted by Gasteiger charge is -2.15.